The van der Waals surface area contributed by atoms with Crippen LogP contribution in [-0.4, -0.2) is 81.2 Å². The number of pyridine rings is 2. The van der Waals surface area contributed by atoms with E-state index in [0.29, 0.717) is 26.3 Å². The fourth-order valence-corrected chi connectivity index (χ4v) is 11.5. The van der Waals surface area contributed by atoms with Crippen molar-refractivity contribution >= 4 is 20.0 Å². The standard InChI is InChI=1S/C15H16FNO2.C15H14FNO.C12H20N4O2.C12H27P/c16-12-9-7-11(8-10-12)14(18)5-1-3-13-4-2-6-15(19)17-13;16-12-9-7-11(8-10-12)14-5-1-3-13-4-2-6-15(18)17(13)14;17-11(15-7-3-1-4-8-15)13-14-12(18)16-9-5-2-6-10-16;1-4-7-10-13(11-8-5-2)12-9-6-3/h2,4,6-10,14,18H,1,3,5H2,(H,17,19);2,4,6-10,14H,1,3,5H2;1-10H2;4-12H2,1-3H3. The number of halogens is 2. The van der Waals surface area contributed by atoms with Gasteiger partial charge in [-0.05, 0) is 162 Å². The maximum atomic E-state index is 13.0. The molecule has 372 valence electrons. The number of aromatic nitrogens is 2. The lowest BCUT2D eigenvalue weighted by atomic mass is 9.95. The zero-order valence-corrected chi connectivity index (χ0v) is 41.8. The zero-order valence-electron chi connectivity index (χ0n) is 40.9. The van der Waals surface area contributed by atoms with Crippen LogP contribution >= 0.6 is 7.92 Å². The molecule has 2 aromatic heterocycles. The molecule has 2 fully saturated rings. The third kappa shape index (κ3) is 20.4. The number of nitrogens with one attached hydrogen (secondary N) is 1. The lowest BCUT2D eigenvalue weighted by Crippen LogP contribution is -2.35. The molecular formula is C54H77F2N6O5P. The number of nitrogens with zero attached hydrogens (tertiary/aromatic N) is 5. The van der Waals surface area contributed by atoms with Gasteiger partial charge in [-0.25, -0.2) is 18.4 Å². The number of aryl methyl sites for hydroxylation is 2. The van der Waals surface area contributed by atoms with Crippen molar-refractivity contribution in [2.75, 3.05) is 44.7 Å². The predicted molar refractivity (Wildman–Crippen MR) is 272 cm³/mol. The molecular weight excluding hydrogens is 882 g/mol. The van der Waals surface area contributed by atoms with Gasteiger partial charge in [-0.1, -0.05) is 86.7 Å². The number of hydrogen-bond donors (Lipinski definition) is 2. The number of carbonyl (C=O) groups excluding carboxylic acids is 2. The van der Waals surface area contributed by atoms with Gasteiger partial charge in [0.15, 0.2) is 0 Å². The SMILES string of the molecule is CCCCP(CCCC)CCCC.O=C(N=NC(=O)N1CCCCC1)N1CCCCC1.O=c1cccc(CCCC(O)c2ccc(F)cc2)[nH]1.O=c1cccc2n1C(c1ccc(F)cc1)CCC2. The molecule has 2 saturated heterocycles. The van der Waals surface area contributed by atoms with Crippen LogP contribution in [0.1, 0.15) is 158 Å². The quantitative estimate of drug-likeness (QED) is 0.0902. The summed E-state index contributed by atoms with van der Waals surface area (Å²) in [7, 11) is 0.422. The van der Waals surface area contributed by atoms with E-state index in [1.165, 1.54) is 68.9 Å². The van der Waals surface area contributed by atoms with E-state index in [2.05, 4.69) is 36.0 Å². The molecule has 4 aromatic rings. The van der Waals surface area contributed by atoms with Crippen molar-refractivity contribution in [1.82, 2.24) is 19.4 Å². The van der Waals surface area contributed by atoms with Crippen molar-refractivity contribution in [3.63, 3.8) is 0 Å². The number of hydrogen-bond acceptors (Lipinski definition) is 5. The third-order valence-electron chi connectivity index (χ3n) is 12.5. The summed E-state index contributed by atoms with van der Waals surface area (Å²) < 4.78 is 27.6. The van der Waals surface area contributed by atoms with Gasteiger partial charge in [0.25, 0.3) is 5.56 Å². The maximum absolute atomic E-state index is 13.0. The summed E-state index contributed by atoms with van der Waals surface area (Å²) in [5.41, 5.74) is 3.56. The van der Waals surface area contributed by atoms with Crippen molar-refractivity contribution in [2.24, 2.45) is 10.2 Å². The molecule has 2 aromatic carbocycles. The van der Waals surface area contributed by atoms with Crippen LogP contribution in [-0.2, 0) is 12.8 Å². The van der Waals surface area contributed by atoms with Gasteiger partial charge >= 0.3 is 12.1 Å². The summed E-state index contributed by atoms with van der Waals surface area (Å²) in [6.45, 7) is 9.87. The van der Waals surface area contributed by atoms with E-state index in [-0.39, 0.29) is 40.9 Å². The second kappa shape index (κ2) is 32.0. The average Bonchev–Trinajstić information content (AvgIpc) is 3.37. The molecule has 4 amide bonds. The number of unbranched alkanes of at least 4 members (excludes halogenated alkanes) is 3. The number of urea groups is 2. The number of benzene rings is 2. The summed E-state index contributed by atoms with van der Waals surface area (Å²) in [6, 6.07) is 22.0. The Kier molecular flexibility index (Phi) is 26.3. The number of likely N-dealkylation sites (tertiary alicyclic amines) is 2. The molecule has 68 heavy (non-hydrogen) atoms. The van der Waals surface area contributed by atoms with Gasteiger partial charge in [-0.15, -0.1) is 7.92 Å². The molecule has 0 bridgehead atoms. The van der Waals surface area contributed by atoms with E-state index in [0.717, 1.165) is 107 Å². The minimum Gasteiger partial charge on any atom is -0.388 e. The van der Waals surface area contributed by atoms with Crippen molar-refractivity contribution in [3.05, 3.63) is 140 Å². The van der Waals surface area contributed by atoms with Gasteiger partial charge in [-0.3, -0.25) is 9.59 Å². The first kappa shape index (κ1) is 55.7. The summed E-state index contributed by atoms with van der Waals surface area (Å²) >= 11 is 0. The summed E-state index contributed by atoms with van der Waals surface area (Å²) in [4.78, 5) is 52.5. The Hall–Kier alpha value is -4.87. The number of amides is 4. The molecule has 2 atom stereocenters. The second-order valence-electron chi connectivity index (χ2n) is 17.9. The Morgan fingerprint density at radius 2 is 1.19 bits per heavy atom. The number of aliphatic hydroxyl groups is 1. The number of aromatic amines is 1. The predicted octanol–water partition coefficient (Wildman–Crippen LogP) is 13.0. The lowest BCUT2D eigenvalue weighted by Gasteiger charge is -2.28. The zero-order chi connectivity index (χ0) is 48.9. The highest BCUT2D eigenvalue weighted by Crippen LogP contribution is 2.38. The van der Waals surface area contributed by atoms with Gasteiger partial charge in [-0.2, -0.15) is 0 Å². The van der Waals surface area contributed by atoms with E-state index < -0.39 is 6.10 Å². The summed E-state index contributed by atoms with van der Waals surface area (Å²) in [5, 5.41) is 17.0. The Morgan fingerprint density at radius 3 is 1.71 bits per heavy atom. The van der Waals surface area contributed by atoms with Crippen LogP contribution in [0, 0.1) is 11.6 Å². The number of carbonyl (C=O) groups is 2. The number of piperidine rings is 2. The molecule has 11 nitrogen and oxygen atoms in total. The molecule has 3 aliphatic rings. The van der Waals surface area contributed by atoms with E-state index >= 15 is 0 Å². The topological polar surface area (TPSA) is 140 Å². The van der Waals surface area contributed by atoms with Crippen molar-refractivity contribution in [3.8, 4) is 0 Å². The lowest BCUT2D eigenvalue weighted by molar-refractivity contribution is 0.164. The highest BCUT2D eigenvalue weighted by atomic mass is 31.1. The van der Waals surface area contributed by atoms with Gasteiger partial charge in [0, 0.05) is 49.7 Å². The molecule has 0 spiro atoms. The van der Waals surface area contributed by atoms with Crippen molar-refractivity contribution < 1.29 is 23.5 Å². The number of aliphatic hydroxyl groups excluding tert-OH is 1. The van der Waals surface area contributed by atoms with Crippen molar-refractivity contribution in [1.29, 1.82) is 0 Å². The van der Waals surface area contributed by atoms with E-state index in [1.54, 1.807) is 70.8 Å². The number of fused-ring (bicyclic) bond motifs is 1. The van der Waals surface area contributed by atoms with Crippen LogP contribution < -0.4 is 11.1 Å². The number of azo groups is 1. The van der Waals surface area contributed by atoms with Crippen LogP contribution in [0.2, 0.25) is 0 Å². The Bertz CT molecular complexity index is 2140. The average molecular weight is 959 g/mol. The van der Waals surface area contributed by atoms with Crippen molar-refractivity contribution in [2.45, 2.75) is 148 Å². The summed E-state index contributed by atoms with van der Waals surface area (Å²) in [5.74, 6) is -0.548. The largest absolute Gasteiger partial charge is 0.388 e. The molecule has 2 unspecified atom stereocenters. The molecule has 0 radical (unpaired) electrons. The fourth-order valence-electron chi connectivity index (χ4n) is 8.55. The summed E-state index contributed by atoms with van der Waals surface area (Å²) in [6.07, 6.45) is 24.0. The molecule has 7 rings (SSSR count). The minimum atomic E-state index is -0.601. The maximum Gasteiger partial charge on any atom is 0.362 e. The van der Waals surface area contributed by atoms with E-state index in [4.69, 9.17) is 0 Å². The second-order valence-corrected chi connectivity index (χ2v) is 20.6. The van der Waals surface area contributed by atoms with E-state index in [9.17, 15) is 33.1 Å². The van der Waals surface area contributed by atoms with E-state index in [1.807, 2.05) is 16.7 Å². The molecule has 0 aliphatic carbocycles. The normalized spacial score (nSPS) is 16.1. The van der Waals surface area contributed by atoms with Crippen LogP contribution in [0.3, 0.4) is 0 Å². The molecule has 2 N–H and O–H groups in total. The van der Waals surface area contributed by atoms with Gasteiger partial charge < -0.3 is 24.5 Å². The highest BCUT2D eigenvalue weighted by molar-refractivity contribution is 7.57. The highest BCUT2D eigenvalue weighted by Gasteiger charge is 2.22. The van der Waals surface area contributed by atoms with Gasteiger partial charge in [0.1, 0.15) is 11.6 Å². The molecule has 5 heterocycles. The monoisotopic (exact) mass is 959 g/mol. The van der Waals surface area contributed by atoms with Gasteiger partial charge in [0.2, 0.25) is 5.56 Å². The number of H-pyrrole nitrogens is 1. The van der Waals surface area contributed by atoms with Crippen LogP contribution in [0.25, 0.3) is 0 Å². The fraction of sp³-hybridized carbons (Fsp3) is 0.556. The van der Waals surface area contributed by atoms with Crippen LogP contribution in [0.5, 0.6) is 0 Å². The molecule has 0 saturated carbocycles. The smallest absolute Gasteiger partial charge is 0.362 e. The Balaban J connectivity index is 0.000000200. The number of rotatable bonds is 15. The first-order chi connectivity index (χ1) is 33.0. The first-order valence-corrected chi connectivity index (χ1v) is 27.2. The molecule has 3 aliphatic heterocycles. The first-order valence-electron chi connectivity index (χ1n) is 25.3. The Labute approximate surface area is 404 Å². The minimum absolute atomic E-state index is 0.0292. The Morgan fingerprint density at radius 1 is 0.676 bits per heavy atom. The third-order valence-corrected chi connectivity index (χ3v) is 15.4. The molecule has 14 heteroatoms. The van der Waals surface area contributed by atoms with Crippen LogP contribution in [0.4, 0.5) is 18.4 Å². The van der Waals surface area contributed by atoms with Crippen LogP contribution in [0.15, 0.2) is 105 Å². The van der Waals surface area contributed by atoms with Gasteiger partial charge in [0.05, 0.1) is 12.1 Å².